The Morgan fingerprint density at radius 2 is 1.94 bits per heavy atom. The van der Waals surface area contributed by atoms with Crippen molar-refractivity contribution < 1.29 is 5.11 Å². The lowest BCUT2D eigenvalue weighted by atomic mass is 10.0. The second-order valence-electron chi connectivity index (χ2n) is 4.38. The molecule has 0 bridgehead atoms. The van der Waals surface area contributed by atoms with E-state index in [1.54, 1.807) is 10.9 Å². The molecule has 0 saturated carbocycles. The van der Waals surface area contributed by atoms with Crippen LogP contribution in [0.15, 0.2) is 30.5 Å². The van der Waals surface area contributed by atoms with Gasteiger partial charge in [0.15, 0.2) is 0 Å². The lowest BCUT2D eigenvalue weighted by molar-refractivity contribution is 0.207. The van der Waals surface area contributed by atoms with Gasteiger partial charge < -0.3 is 5.11 Å². The minimum Gasteiger partial charge on any atom is -0.382 e. The summed E-state index contributed by atoms with van der Waals surface area (Å²) in [6.07, 6.45) is 2.95. The van der Waals surface area contributed by atoms with Crippen molar-refractivity contribution >= 4 is 0 Å². The average Bonchev–Trinajstić information content (AvgIpc) is 2.87. The molecule has 4 heteroatoms. The molecule has 0 aliphatic heterocycles. The summed E-state index contributed by atoms with van der Waals surface area (Å²) in [7, 11) is 0. The molecule has 96 valence electrons. The van der Waals surface area contributed by atoms with Crippen LogP contribution >= 0.6 is 0 Å². The molecule has 0 amide bonds. The molecule has 0 aliphatic carbocycles. The summed E-state index contributed by atoms with van der Waals surface area (Å²) < 4.78 is 1.76. The number of aromatic nitrogens is 3. The minimum absolute atomic E-state index is 0.655. The zero-order valence-corrected chi connectivity index (χ0v) is 10.9. The summed E-state index contributed by atoms with van der Waals surface area (Å²) >= 11 is 0. The van der Waals surface area contributed by atoms with Crippen molar-refractivity contribution in [3.63, 3.8) is 0 Å². The molecular formula is C14H19N3O. The van der Waals surface area contributed by atoms with E-state index in [9.17, 15) is 5.11 Å². The van der Waals surface area contributed by atoms with Crippen LogP contribution in [0.4, 0.5) is 0 Å². The van der Waals surface area contributed by atoms with Gasteiger partial charge in [0.1, 0.15) is 6.10 Å². The molecule has 2 rings (SSSR count). The van der Waals surface area contributed by atoms with Crippen molar-refractivity contribution in [1.82, 2.24) is 15.0 Å². The Balaban J connectivity index is 2.23. The van der Waals surface area contributed by atoms with E-state index in [1.165, 1.54) is 5.56 Å². The van der Waals surface area contributed by atoms with Crippen molar-refractivity contribution in [2.24, 2.45) is 0 Å². The molecule has 1 N–H and O–H groups in total. The molecular weight excluding hydrogens is 226 g/mol. The molecule has 0 saturated heterocycles. The van der Waals surface area contributed by atoms with Gasteiger partial charge in [-0.1, -0.05) is 43.3 Å². The Bertz CT molecular complexity index is 490. The highest BCUT2D eigenvalue weighted by molar-refractivity contribution is 5.28. The Hall–Kier alpha value is -1.68. The third kappa shape index (κ3) is 2.59. The van der Waals surface area contributed by atoms with Gasteiger partial charge in [0.2, 0.25) is 0 Å². The highest BCUT2D eigenvalue weighted by Gasteiger charge is 2.15. The maximum Gasteiger partial charge on any atom is 0.122 e. The quantitative estimate of drug-likeness (QED) is 0.879. The molecule has 1 aromatic carbocycles. The fourth-order valence-corrected chi connectivity index (χ4v) is 1.97. The predicted octanol–water partition coefficient (Wildman–Crippen LogP) is 2.33. The maximum absolute atomic E-state index is 10.4. The molecule has 0 radical (unpaired) electrons. The van der Waals surface area contributed by atoms with Gasteiger partial charge in [-0.25, -0.2) is 4.68 Å². The van der Waals surface area contributed by atoms with Gasteiger partial charge in [0, 0.05) is 6.54 Å². The first-order chi connectivity index (χ1) is 8.76. The van der Waals surface area contributed by atoms with Gasteiger partial charge in [0.05, 0.1) is 11.9 Å². The Kier molecular flexibility index (Phi) is 4.10. The Morgan fingerprint density at radius 3 is 2.56 bits per heavy atom. The fraction of sp³-hybridized carbons (Fsp3) is 0.429. The Labute approximate surface area is 107 Å². The van der Waals surface area contributed by atoms with Crippen molar-refractivity contribution in [2.45, 2.75) is 39.3 Å². The largest absolute Gasteiger partial charge is 0.382 e. The second kappa shape index (κ2) is 5.78. The number of hydrogen-bond acceptors (Lipinski definition) is 3. The van der Waals surface area contributed by atoms with Gasteiger partial charge in [-0.3, -0.25) is 0 Å². The van der Waals surface area contributed by atoms with E-state index in [-0.39, 0.29) is 0 Å². The van der Waals surface area contributed by atoms with E-state index in [1.807, 2.05) is 24.3 Å². The van der Waals surface area contributed by atoms with E-state index in [2.05, 4.69) is 24.2 Å². The molecule has 0 spiro atoms. The highest BCUT2D eigenvalue weighted by Crippen LogP contribution is 2.21. The van der Waals surface area contributed by atoms with E-state index < -0.39 is 6.10 Å². The molecule has 0 fully saturated rings. The first kappa shape index (κ1) is 12.8. The smallest absolute Gasteiger partial charge is 0.122 e. The number of hydrogen-bond donors (Lipinski definition) is 1. The standard InChI is InChI=1S/C14H19N3O/c1-3-9-17-13(10-15-16-17)14(18)12-7-5-11(4-2)6-8-12/h5-8,10,14,18H,3-4,9H2,1-2H3. The third-order valence-corrected chi connectivity index (χ3v) is 3.07. The van der Waals surface area contributed by atoms with Crippen LogP contribution in [0.3, 0.4) is 0 Å². The summed E-state index contributed by atoms with van der Waals surface area (Å²) in [6, 6.07) is 8.03. The summed E-state index contributed by atoms with van der Waals surface area (Å²) in [5.74, 6) is 0. The first-order valence-electron chi connectivity index (χ1n) is 6.41. The molecule has 1 heterocycles. The van der Waals surface area contributed by atoms with Crippen LogP contribution < -0.4 is 0 Å². The van der Waals surface area contributed by atoms with E-state index in [0.29, 0.717) is 0 Å². The third-order valence-electron chi connectivity index (χ3n) is 3.07. The molecule has 0 aliphatic rings. The van der Waals surface area contributed by atoms with Gasteiger partial charge in [-0.15, -0.1) is 5.10 Å². The van der Waals surface area contributed by atoms with Crippen LogP contribution in [0.5, 0.6) is 0 Å². The van der Waals surface area contributed by atoms with Crippen molar-refractivity contribution in [2.75, 3.05) is 0 Å². The van der Waals surface area contributed by atoms with Crippen LogP contribution in [0.1, 0.15) is 43.2 Å². The molecule has 1 unspecified atom stereocenters. The zero-order chi connectivity index (χ0) is 13.0. The normalized spacial score (nSPS) is 12.6. The molecule has 2 aromatic rings. The van der Waals surface area contributed by atoms with E-state index in [4.69, 9.17) is 0 Å². The van der Waals surface area contributed by atoms with Crippen molar-refractivity contribution in [3.05, 3.63) is 47.3 Å². The molecule has 4 nitrogen and oxygen atoms in total. The van der Waals surface area contributed by atoms with E-state index in [0.717, 1.165) is 30.6 Å². The topological polar surface area (TPSA) is 50.9 Å². The Morgan fingerprint density at radius 1 is 1.22 bits per heavy atom. The number of aryl methyl sites for hydroxylation is 2. The molecule has 1 atom stereocenters. The number of aliphatic hydroxyl groups is 1. The van der Waals surface area contributed by atoms with Crippen LogP contribution in [0, 0.1) is 0 Å². The van der Waals surface area contributed by atoms with E-state index >= 15 is 0 Å². The summed E-state index contributed by atoms with van der Waals surface area (Å²) in [6.45, 7) is 4.97. The fourth-order valence-electron chi connectivity index (χ4n) is 1.97. The summed E-state index contributed by atoms with van der Waals surface area (Å²) in [4.78, 5) is 0. The van der Waals surface area contributed by atoms with Crippen LogP contribution in [0.25, 0.3) is 0 Å². The van der Waals surface area contributed by atoms with Gasteiger partial charge in [-0.2, -0.15) is 0 Å². The highest BCUT2D eigenvalue weighted by atomic mass is 16.3. The predicted molar refractivity (Wildman–Crippen MR) is 70.2 cm³/mol. The monoisotopic (exact) mass is 245 g/mol. The minimum atomic E-state index is -0.655. The van der Waals surface area contributed by atoms with Crippen molar-refractivity contribution in [1.29, 1.82) is 0 Å². The lowest BCUT2D eigenvalue weighted by Crippen LogP contribution is -2.10. The molecule has 1 aromatic heterocycles. The zero-order valence-electron chi connectivity index (χ0n) is 10.9. The lowest BCUT2D eigenvalue weighted by Gasteiger charge is -2.12. The second-order valence-corrected chi connectivity index (χ2v) is 4.38. The van der Waals surface area contributed by atoms with Gasteiger partial charge >= 0.3 is 0 Å². The summed E-state index contributed by atoms with van der Waals surface area (Å²) in [5.41, 5.74) is 2.90. The number of benzene rings is 1. The number of nitrogens with zero attached hydrogens (tertiary/aromatic N) is 3. The first-order valence-corrected chi connectivity index (χ1v) is 6.41. The SMILES string of the molecule is CCCn1nncc1C(O)c1ccc(CC)cc1. The van der Waals surface area contributed by atoms with Crippen LogP contribution in [0.2, 0.25) is 0 Å². The molecule has 18 heavy (non-hydrogen) atoms. The van der Waals surface area contributed by atoms with Gasteiger partial charge in [-0.05, 0) is 24.0 Å². The average molecular weight is 245 g/mol. The number of aliphatic hydroxyl groups excluding tert-OH is 1. The summed E-state index contributed by atoms with van der Waals surface area (Å²) in [5, 5.41) is 18.2. The number of rotatable bonds is 5. The maximum atomic E-state index is 10.4. The van der Waals surface area contributed by atoms with Gasteiger partial charge in [0.25, 0.3) is 0 Å². The van der Waals surface area contributed by atoms with Crippen LogP contribution in [-0.4, -0.2) is 20.1 Å². The van der Waals surface area contributed by atoms with Crippen molar-refractivity contribution in [3.8, 4) is 0 Å². The van der Waals surface area contributed by atoms with Crippen LogP contribution in [-0.2, 0) is 13.0 Å².